The molecule has 3 heterocycles. The van der Waals surface area contributed by atoms with Gasteiger partial charge >= 0.3 is 0 Å². The molecule has 0 saturated heterocycles. The highest BCUT2D eigenvalue weighted by Gasteiger charge is 2.34. The minimum Gasteiger partial charge on any atom is -0.468 e. The number of amides is 1. The Morgan fingerprint density at radius 3 is 2.76 bits per heavy atom. The fourth-order valence-corrected chi connectivity index (χ4v) is 6.68. The van der Waals surface area contributed by atoms with Crippen LogP contribution in [-0.2, 0) is 29.2 Å². The van der Waals surface area contributed by atoms with Crippen LogP contribution in [0.5, 0.6) is 0 Å². The van der Waals surface area contributed by atoms with Crippen LogP contribution in [0.1, 0.15) is 47.5 Å². The van der Waals surface area contributed by atoms with E-state index in [0.29, 0.717) is 42.5 Å². The second-order valence-electron chi connectivity index (χ2n) is 8.80. The number of rotatable bonds is 7. The van der Waals surface area contributed by atoms with Gasteiger partial charge in [0.05, 0.1) is 29.2 Å². The SMILES string of the molecule is Cn1nc(C(=O)NCCN(Cc2ccco2)C2CCCC2)c2c1-c1ccccc1S(=O)(=O)C2. The lowest BCUT2D eigenvalue weighted by molar-refractivity contribution is 0.0934. The average Bonchev–Trinajstić information content (AvgIpc) is 3.55. The summed E-state index contributed by atoms with van der Waals surface area (Å²) in [6, 6.07) is 11.2. The molecule has 8 nitrogen and oxygen atoms in total. The summed E-state index contributed by atoms with van der Waals surface area (Å²) >= 11 is 0. The number of carbonyl (C=O) groups is 1. The second kappa shape index (κ2) is 8.79. The van der Waals surface area contributed by atoms with Gasteiger partial charge in [-0.05, 0) is 31.0 Å². The predicted octanol–water partition coefficient (Wildman–Crippen LogP) is 3.14. The highest BCUT2D eigenvalue weighted by atomic mass is 32.2. The molecule has 0 atom stereocenters. The third kappa shape index (κ3) is 4.22. The van der Waals surface area contributed by atoms with Gasteiger partial charge in [0.2, 0.25) is 0 Å². The van der Waals surface area contributed by atoms with Crippen molar-refractivity contribution in [1.29, 1.82) is 0 Å². The Morgan fingerprint density at radius 2 is 2.00 bits per heavy atom. The molecule has 174 valence electrons. The van der Waals surface area contributed by atoms with Gasteiger partial charge in [-0.3, -0.25) is 14.4 Å². The molecule has 1 aliphatic carbocycles. The number of benzene rings is 1. The summed E-state index contributed by atoms with van der Waals surface area (Å²) < 4.78 is 32.8. The maximum atomic E-state index is 13.1. The van der Waals surface area contributed by atoms with Crippen LogP contribution in [-0.4, -0.2) is 48.1 Å². The number of nitrogens with one attached hydrogen (secondary N) is 1. The standard InChI is InChI=1S/C24H28N4O4S/c1-27-23-19-10-4-5-11-21(19)33(30,31)16-20(23)22(26-27)24(29)25-12-13-28(17-7-2-3-8-17)15-18-9-6-14-32-18/h4-6,9-11,14,17H,2-3,7-8,12-13,15-16H2,1H3,(H,25,29). The Hall–Kier alpha value is -2.91. The number of fused-ring (bicyclic) bond motifs is 3. The summed E-state index contributed by atoms with van der Waals surface area (Å²) in [5.74, 6) is 0.351. The summed E-state index contributed by atoms with van der Waals surface area (Å²) in [7, 11) is -1.78. The molecule has 1 N–H and O–H groups in total. The van der Waals surface area contributed by atoms with Gasteiger partial charge in [-0.1, -0.05) is 31.0 Å². The van der Waals surface area contributed by atoms with E-state index < -0.39 is 9.84 Å². The van der Waals surface area contributed by atoms with E-state index in [9.17, 15) is 13.2 Å². The van der Waals surface area contributed by atoms with Crippen molar-refractivity contribution in [2.45, 2.75) is 48.9 Å². The minimum atomic E-state index is -3.52. The van der Waals surface area contributed by atoms with Gasteiger partial charge in [0.1, 0.15) is 5.76 Å². The Morgan fingerprint density at radius 1 is 1.21 bits per heavy atom. The Kier molecular flexibility index (Phi) is 5.84. The fourth-order valence-electron chi connectivity index (χ4n) is 5.08. The lowest BCUT2D eigenvalue weighted by atomic mass is 10.1. The minimum absolute atomic E-state index is 0.184. The summed E-state index contributed by atoms with van der Waals surface area (Å²) in [5, 5.41) is 7.37. The Bertz CT molecular complexity index is 1260. The quantitative estimate of drug-likeness (QED) is 0.572. The van der Waals surface area contributed by atoms with Gasteiger partial charge in [0.15, 0.2) is 15.5 Å². The van der Waals surface area contributed by atoms with Gasteiger partial charge in [-0.25, -0.2) is 8.42 Å². The van der Waals surface area contributed by atoms with Crippen molar-refractivity contribution in [3.05, 3.63) is 59.7 Å². The van der Waals surface area contributed by atoms with Crippen molar-refractivity contribution >= 4 is 15.7 Å². The summed E-state index contributed by atoms with van der Waals surface area (Å²) in [6.07, 6.45) is 6.43. The van der Waals surface area contributed by atoms with E-state index in [4.69, 9.17) is 4.42 Å². The van der Waals surface area contributed by atoms with E-state index in [1.165, 1.54) is 12.8 Å². The molecular formula is C24H28N4O4S. The van der Waals surface area contributed by atoms with Crippen molar-refractivity contribution in [2.24, 2.45) is 7.05 Å². The van der Waals surface area contributed by atoms with Crippen molar-refractivity contribution < 1.29 is 17.6 Å². The second-order valence-corrected chi connectivity index (χ2v) is 10.8. The molecule has 1 saturated carbocycles. The van der Waals surface area contributed by atoms with Crippen LogP contribution in [0.15, 0.2) is 52.0 Å². The van der Waals surface area contributed by atoms with E-state index in [1.54, 1.807) is 42.3 Å². The zero-order valence-corrected chi connectivity index (χ0v) is 19.5. The molecule has 9 heteroatoms. The van der Waals surface area contributed by atoms with Crippen LogP contribution >= 0.6 is 0 Å². The molecule has 0 spiro atoms. The van der Waals surface area contributed by atoms with Crippen LogP contribution < -0.4 is 5.32 Å². The Balaban J connectivity index is 1.32. The first-order valence-electron chi connectivity index (χ1n) is 11.4. The largest absolute Gasteiger partial charge is 0.468 e. The lowest BCUT2D eigenvalue weighted by Crippen LogP contribution is -2.39. The van der Waals surface area contributed by atoms with Crippen LogP contribution in [0.25, 0.3) is 11.3 Å². The van der Waals surface area contributed by atoms with E-state index in [2.05, 4.69) is 15.3 Å². The fraction of sp³-hybridized carbons (Fsp3) is 0.417. The number of carbonyl (C=O) groups excluding carboxylic acids is 1. The van der Waals surface area contributed by atoms with Crippen molar-refractivity contribution in [3.63, 3.8) is 0 Å². The zero-order valence-electron chi connectivity index (χ0n) is 18.7. The Labute approximate surface area is 193 Å². The van der Waals surface area contributed by atoms with Gasteiger partial charge in [0.25, 0.3) is 5.91 Å². The molecule has 1 amide bonds. The molecule has 0 unspecified atom stereocenters. The van der Waals surface area contributed by atoms with E-state index in [0.717, 1.165) is 18.6 Å². The molecule has 2 aliphatic rings. The van der Waals surface area contributed by atoms with Crippen LogP contribution in [0, 0.1) is 0 Å². The molecule has 1 aromatic carbocycles. The molecule has 33 heavy (non-hydrogen) atoms. The highest BCUT2D eigenvalue weighted by Crippen LogP contribution is 2.38. The number of hydrogen-bond acceptors (Lipinski definition) is 6. The maximum Gasteiger partial charge on any atom is 0.272 e. The number of aromatic nitrogens is 2. The predicted molar refractivity (Wildman–Crippen MR) is 123 cm³/mol. The molecule has 1 aliphatic heterocycles. The number of hydrogen-bond donors (Lipinski definition) is 1. The third-order valence-electron chi connectivity index (χ3n) is 6.64. The van der Waals surface area contributed by atoms with Gasteiger partial charge in [0, 0.05) is 37.3 Å². The van der Waals surface area contributed by atoms with Crippen LogP contribution in [0.2, 0.25) is 0 Å². The molecule has 0 radical (unpaired) electrons. The molecule has 3 aromatic rings. The van der Waals surface area contributed by atoms with Crippen molar-refractivity contribution in [1.82, 2.24) is 20.0 Å². The van der Waals surface area contributed by atoms with E-state index in [-0.39, 0.29) is 22.2 Å². The topological polar surface area (TPSA) is 97.4 Å². The maximum absolute atomic E-state index is 13.1. The van der Waals surface area contributed by atoms with Crippen molar-refractivity contribution in [2.75, 3.05) is 13.1 Å². The monoisotopic (exact) mass is 468 g/mol. The highest BCUT2D eigenvalue weighted by molar-refractivity contribution is 7.90. The summed E-state index contributed by atoms with van der Waals surface area (Å²) in [4.78, 5) is 15.7. The molecule has 1 fully saturated rings. The third-order valence-corrected chi connectivity index (χ3v) is 8.33. The average molecular weight is 469 g/mol. The van der Waals surface area contributed by atoms with Crippen molar-refractivity contribution in [3.8, 4) is 11.3 Å². The lowest BCUT2D eigenvalue weighted by Gasteiger charge is -2.28. The van der Waals surface area contributed by atoms with E-state index in [1.807, 2.05) is 12.1 Å². The van der Waals surface area contributed by atoms with Gasteiger partial charge in [-0.2, -0.15) is 5.10 Å². The number of sulfone groups is 1. The summed E-state index contributed by atoms with van der Waals surface area (Å²) in [6.45, 7) is 1.85. The van der Waals surface area contributed by atoms with Crippen LogP contribution in [0.4, 0.5) is 0 Å². The first-order valence-corrected chi connectivity index (χ1v) is 13.0. The zero-order chi connectivity index (χ0) is 23.0. The smallest absolute Gasteiger partial charge is 0.272 e. The van der Waals surface area contributed by atoms with Gasteiger partial charge in [-0.15, -0.1) is 0 Å². The first kappa shape index (κ1) is 21.9. The molecule has 5 rings (SSSR count). The molecule has 0 bridgehead atoms. The molecule has 2 aromatic heterocycles. The van der Waals surface area contributed by atoms with Crippen LogP contribution in [0.3, 0.4) is 0 Å². The molecular weight excluding hydrogens is 440 g/mol. The summed E-state index contributed by atoms with van der Waals surface area (Å²) in [5.41, 5.74) is 1.94. The first-order chi connectivity index (χ1) is 15.9. The number of furan rings is 1. The number of nitrogens with zero attached hydrogens (tertiary/aromatic N) is 3. The number of aryl methyl sites for hydroxylation is 1. The van der Waals surface area contributed by atoms with Gasteiger partial charge < -0.3 is 9.73 Å². The normalized spacial score (nSPS) is 17.2. The van der Waals surface area contributed by atoms with E-state index >= 15 is 0 Å².